The van der Waals surface area contributed by atoms with Gasteiger partial charge in [0, 0.05) is 59.1 Å². The number of aromatic nitrogens is 1. The summed E-state index contributed by atoms with van der Waals surface area (Å²) in [5.41, 5.74) is 16.8. The Morgan fingerprint density at radius 2 is 0.915 bits per heavy atom. The van der Waals surface area contributed by atoms with Gasteiger partial charge < -0.3 is 9.47 Å². The Morgan fingerprint density at radius 1 is 0.390 bits per heavy atom. The molecule has 280 valence electrons. The highest BCUT2D eigenvalue weighted by Gasteiger charge is 2.23. The van der Waals surface area contributed by atoms with Crippen molar-refractivity contribution in [2.24, 2.45) is 0 Å². The molecule has 9 aromatic carbocycles. The van der Waals surface area contributed by atoms with Crippen LogP contribution in [0.2, 0.25) is 0 Å². The summed E-state index contributed by atoms with van der Waals surface area (Å²) >= 11 is 1.88. The monoisotopic (exact) mass is 772 g/mol. The van der Waals surface area contributed by atoms with Crippen molar-refractivity contribution in [1.82, 2.24) is 4.57 Å². The first-order chi connectivity index (χ1) is 29.1. The van der Waals surface area contributed by atoms with Gasteiger partial charge in [-0.3, -0.25) is 0 Å². The van der Waals surface area contributed by atoms with E-state index in [9.17, 15) is 0 Å². The maximum Gasteiger partial charge on any atom is 0.0541 e. The van der Waals surface area contributed by atoms with E-state index >= 15 is 0 Å². The highest BCUT2D eigenvalue weighted by molar-refractivity contribution is 7.26. The number of para-hydroxylation sites is 3. The highest BCUT2D eigenvalue weighted by Crippen LogP contribution is 2.48. The Kier molecular flexibility index (Phi) is 8.49. The molecule has 0 saturated heterocycles. The average molecular weight is 773 g/mol. The molecule has 11 aromatic rings. The lowest BCUT2D eigenvalue weighted by atomic mass is 9.94. The van der Waals surface area contributed by atoms with Gasteiger partial charge in [-0.1, -0.05) is 146 Å². The Balaban J connectivity index is 1.19. The van der Waals surface area contributed by atoms with Crippen molar-refractivity contribution in [2.75, 3.05) is 4.90 Å². The van der Waals surface area contributed by atoms with Crippen LogP contribution in [0, 0.1) is 13.8 Å². The summed E-state index contributed by atoms with van der Waals surface area (Å²) in [5.74, 6) is 0. The second kappa shape index (κ2) is 14.3. The molecule has 0 saturated carbocycles. The molecule has 0 N–H and O–H groups in total. The number of fused-ring (bicyclic) bond motifs is 6. The molecule has 0 radical (unpaired) electrons. The van der Waals surface area contributed by atoms with Gasteiger partial charge in [0.15, 0.2) is 0 Å². The second-order valence-corrected chi connectivity index (χ2v) is 16.5. The quantitative estimate of drug-likeness (QED) is 0.157. The minimum absolute atomic E-state index is 1.11. The number of hydrogen-bond acceptors (Lipinski definition) is 2. The molecule has 2 aromatic heterocycles. The van der Waals surface area contributed by atoms with Crippen LogP contribution in [-0.2, 0) is 0 Å². The number of hydrogen-bond donors (Lipinski definition) is 0. The molecule has 2 nitrogen and oxygen atoms in total. The zero-order chi connectivity index (χ0) is 39.5. The molecular weight excluding hydrogens is 733 g/mol. The number of thiophene rings is 1. The number of nitrogens with zero attached hydrogens (tertiary/aromatic N) is 2. The van der Waals surface area contributed by atoms with E-state index in [1.807, 2.05) is 11.3 Å². The number of rotatable bonds is 7. The zero-order valence-electron chi connectivity index (χ0n) is 32.9. The SMILES string of the molecule is Cc1cc(N(c2ccc(-c3ccccc3)cc2)c2cc(-c3ccccc3-n3c4ccccc4c4ccccc43)c3sc4ccccc4c3c2)cc(C)c1-c1ccccc1. The summed E-state index contributed by atoms with van der Waals surface area (Å²) < 4.78 is 5.03. The van der Waals surface area contributed by atoms with Gasteiger partial charge in [0.2, 0.25) is 0 Å². The third kappa shape index (κ3) is 5.93. The summed E-state index contributed by atoms with van der Waals surface area (Å²) in [4.78, 5) is 2.46. The zero-order valence-corrected chi connectivity index (χ0v) is 33.7. The average Bonchev–Trinajstić information content (AvgIpc) is 3.83. The lowest BCUT2D eigenvalue weighted by Gasteiger charge is -2.28. The number of anilines is 3. The minimum atomic E-state index is 1.11. The Labute approximate surface area is 348 Å². The van der Waals surface area contributed by atoms with Gasteiger partial charge >= 0.3 is 0 Å². The molecule has 59 heavy (non-hydrogen) atoms. The molecule has 11 rings (SSSR count). The van der Waals surface area contributed by atoms with Gasteiger partial charge in [-0.15, -0.1) is 11.3 Å². The van der Waals surface area contributed by atoms with Gasteiger partial charge in [0.25, 0.3) is 0 Å². The van der Waals surface area contributed by atoms with Crippen LogP contribution in [0.3, 0.4) is 0 Å². The van der Waals surface area contributed by atoms with Crippen LogP contribution in [0.5, 0.6) is 0 Å². The molecule has 0 spiro atoms. The smallest absolute Gasteiger partial charge is 0.0541 e. The fraction of sp³-hybridized carbons (Fsp3) is 0.0357. The number of benzene rings is 9. The maximum atomic E-state index is 2.46. The van der Waals surface area contributed by atoms with Crippen molar-refractivity contribution in [1.29, 1.82) is 0 Å². The first kappa shape index (κ1) is 35.0. The van der Waals surface area contributed by atoms with Crippen molar-refractivity contribution in [3.63, 3.8) is 0 Å². The van der Waals surface area contributed by atoms with Crippen molar-refractivity contribution < 1.29 is 0 Å². The van der Waals surface area contributed by atoms with E-state index in [1.165, 1.54) is 92.2 Å². The second-order valence-electron chi connectivity index (χ2n) is 15.4. The number of aryl methyl sites for hydroxylation is 2. The van der Waals surface area contributed by atoms with Gasteiger partial charge in [-0.25, -0.2) is 0 Å². The van der Waals surface area contributed by atoms with E-state index in [2.05, 4.69) is 230 Å². The molecule has 3 heteroatoms. The molecule has 0 amide bonds. The summed E-state index contributed by atoms with van der Waals surface area (Å²) in [6.45, 7) is 4.50. The fourth-order valence-corrected chi connectivity index (χ4v) is 10.4. The van der Waals surface area contributed by atoms with Gasteiger partial charge in [-0.2, -0.15) is 0 Å². The molecule has 0 atom stereocenters. The molecule has 0 fully saturated rings. The standard InChI is InChI=1S/C56H40N2S/c1-37-33-43(34-38(2)55(37)41-19-7-4-8-20-41)57(42-31-29-40(30-32-42)39-17-5-3-6-18-39)44-35-49(56-50(36-44)48-24-12-16-28-54(48)59-56)47-23-11-15-27-53(47)58-51-25-13-9-21-45(51)46-22-10-14-26-52(46)58/h3-36H,1-2H3. The van der Waals surface area contributed by atoms with Crippen molar-refractivity contribution >= 4 is 70.4 Å². The third-order valence-corrected chi connectivity index (χ3v) is 13.0. The summed E-state index contributed by atoms with van der Waals surface area (Å²) in [6, 6.07) is 75.5. The molecule has 0 aliphatic heterocycles. The minimum Gasteiger partial charge on any atom is -0.310 e. The predicted molar refractivity (Wildman–Crippen MR) is 254 cm³/mol. The fourth-order valence-electron chi connectivity index (χ4n) is 9.23. The molecule has 0 aliphatic carbocycles. The Hall–Kier alpha value is -7.20. The first-order valence-electron chi connectivity index (χ1n) is 20.3. The Bertz CT molecular complexity index is 3260. The van der Waals surface area contributed by atoms with Crippen molar-refractivity contribution in [2.45, 2.75) is 13.8 Å². The topological polar surface area (TPSA) is 8.17 Å². The van der Waals surface area contributed by atoms with Crippen LogP contribution < -0.4 is 4.90 Å². The van der Waals surface area contributed by atoms with E-state index in [0.717, 1.165) is 17.1 Å². The largest absolute Gasteiger partial charge is 0.310 e. The van der Waals surface area contributed by atoms with Crippen molar-refractivity contribution in [3.05, 3.63) is 217 Å². The van der Waals surface area contributed by atoms with Crippen LogP contribution in [-0.4, -0.2) is 4.57 Å². The molecule has 2 heterocycles. The van der Waals surface area contributed by atoms with E-state index in [1.54, 1.807) is 0 Å². The van der Waals surface area contributed by atoms with Crippen LogP contribution in [0.4, 0.5) is 17.1 Å². The molecule has 0 unspecified atom stereocenters. The van der Waals surface area contributed by atoms with E-state index < -0.39 is 0 Å². The lowest BCUT2D eigenvalue weighted by Crippen LogP contribution is -2.11. The van der Waals surface area contributed by atoms with Crippen LogP contribution in [0.1, 0.15) is 11.1 Å². The first-order valence-corrected chi connectivity index (χ1v) is 21.1. The van der Waals surface area contributed by atoms with Gasteiger partial charge in [-0.05, 0) is 108 Å². The van der Waals surface area contributed by atoms with E-state index in [-0.39, 0.29) is 0 Å². The summed E-state index contributed by atoms with van der Waals surface area (Å²) in [6.07, 6.45) is 0. The summed E-state index contributed by atoms with van der Waals surface area (Å²) in [7, 11) is 0. The Morgan fingerprint density at radius 3 is 1.59 bits per heavy atom. The molecular formula is C56H40N2S. The predicted octanol–water partition coefficient (Wildman–Crippen LogP) is 16.2. The van der Waals surface area contributed by atoms with Crippen LogP contribution >= 0.6 is 11.3 Å². The lowest BCUT2D eigenvalue weighted by molar-refractivity contribution is 1.18. The third-order valence-electron chi connectivity index (χ3n) is 11.8. The van der Waals surface area contributed by atoms with E-state index in [0.29, 0.717) is 0 Å². The molecule has 0 bridgehead atoms. The van der Waals surface area contributed by atoms with E-state index in [4.69, 9.17) is 0 Å². The maximum absolute atomic E-state index is 2.46. The highest BCUT2D eigenvalue weighted by atomic mass is 32.1. The molecule has 0 aliphatic rings. The normalized spacial score (nSPS) is 11.6. The van der Waals surface area contributed by atoms with Crippen LogP contribution in [0.25, 0.3) is 81.0 Å². The van der Waals surface area contributed by atoms with Gasteiger partial charge in [0.1, 0.15) is 0 Å². The van der Waals surface area contributed by atoms with Crippen LogP contribution in [0.15, 0.2) is 206 Å². The summed E-state index contributed by atoms with van der Waals surface area (Å²) in [5, 5.41) is 5.05. The van der Waals surface area contributed by atoms with Gasteiger partial charge in [0.05, 0.1) is 16.7 Å². The van der Waals surface area contributed by atoms with Crippen molar-refractivity contribution in [3.8, 4) is 39.1 Å².